The van der Waals surface area contributed by atoms with Crippen molar-refractivity contribution < 1.29 is 35.9 Å². The molecular weight excluding hydrogens is 450 g/mol. The van der Waals surface area contributed by atoms with Gasteiger partial charge in [0.25, 0.3) is 0 Å². The Labute approximate surface area is 187 Å². The SMILES string of the molecule is CCNC(=O)N1CC(OC(C)c2cc(C(F)(F)F)cc(C(F)(F)F)c2)C(c2ccccc2)C1. The second kappa shape index (κ2) is 9.62. The Hall–Kier alpha value is -2.75. The number of likely N-dealkylation sites (tertiary alicyclic amines) is 1. The Morgan fingerprint density at radius 3 is 2.12 bits per heavy atom. The molecule has 1 aliphatic heterocycles. The second-order valence-corrected chi connectivity index (χ2v) is 7.91. The fourth-order valence-corrected chi connectivity index (χ4v) is 3.92. The van der Waals surface area contributed by atoms with Crippen molar-refractivity contribution in [1.82, 2.24) is 10.2 Å². The van der Waals surface area contributed by atoms with Crippen molar-refractivity contribution >= 4 is 6.03 Å². The molecule has 3 unspecified atom stereocenters. The zero-order valence-electron chi connectivity index (χ0n) is 18.0. The van der Waals surface area contributed by atoms with E-state index in [2.05, 4.69) is 5.32 Å². The molecule has 1 aliphatic rings. The minimum absolute atomic E-state index is 0.0926. The minimum atomic E-state index is -4.94. The topological polar surface area (TPSA) is 41.6 Å². The number of hydrogen-bond acceptors (Lipinski definition) is 2. The van der Waals surface area contributed by atoms with Crippen LogP contribution < -0.4 is 5.32 Å². The Balaban J connectivity index is 1.90. The number of amides is 2. The molecule has 0 radical (unpaired) electrons. The van der Waals surface area contributed by atoms with Crippen molar-refractivity contribution in [2.75, 3.05) is 19.6 Å². The van der Waals surface area contributed by atoms with E-state index < -0.39 is 35.7 Å². The lowest BCUT2D eigenvalue weighted by Gasteiger charge is -2.25. The summed E-state index contributed by atoms with van der Waals surface area (Å²) in [6.45, 7) is 4.05. The average Bonchev–Trinajstić information content (AvgIpc) is 3.17. The van der Waals surface area contributed by atoms with Gasteiger partial charge in [-0.1, -0.05) is 30.3 Å². The molecule has 0 saturated carbocycles. The molecule has 1 N–H and O–H groups in total. The molecule has 0 spiro atoms. The van der Waals surface area contributed by atoms with Crippen LogP contribution in [-0.2, 0) is 17.1 Å². The van der Waals surface area contributed by atoms with E-state index in [-0.39, 0.29) is 30.1 Å². The van der Waals surface area contributed by atoms with Crippen molar-refractivity contribution in [3.63, 3.8) is 0 Å². The number of rotatable bonds is 5. The lowest BCUT2D eigenvalue weighted by molar-refractivity contribution is -0.143. The minimum Gasteiger partial charge on any atom is -0.368 e. The first kappa shape index (κ1) is 24.9. The molecule has 3 atom stereocenters. The molecule has 1 fully saturated rings. The number of ether oxygens (including phenoxy) is 1. The number of alkyl halides is 6. The van der Waals surface area contributed by atoms with E-state index >= 15 is 0 Å². The lowest BCUT2D eigenvalue weighted by Crippen LogP contribution is -2.39. The van der Waals surface area contributed by atoms with Crippen LogP contribution in [0.1, 0.15) is 48.1 Å². The zero-order chi connectivity index (χ0) is 24.4. The van der Waals surface area contributed by atoms with Gasteiger partial charge in [0.15, 0.2) is 0 Å². The van der Waals surface area contributed by atoms with Gasteiger partial charge in [-0.2, -0.15) is 26.3 Å². The van der Waals surface area contributed by atoms with Gasteiger partial charge >= 0.3 is 18.4 Å². The molecule has 1 saturated heterocycles. The maximum Gasteiger partial charge on any atom is 0.416 e. The van der Waals surface area contributed by atoms with Crippen molar-refractivity contribution in [2.45, 2.75) is 44.3 Å². The third kappa shape index (κ3) is 5.98. The summed E-state index contributed by atoms with van der Waals surface area (Å²) in [6, 6.07) is 10.3. The van der Waals surface area contributed by atoms with Crippen molar-refractivity contribution in [2.24, 2.45) is 0 Å². The summed E-state index contributed by atoms with van der Waals surface area (Å²) in [5, 5.41) is 2.69. The number of nitrogens with one attached hydrogen (secondary N) is 1. The van der Waals surface area contributed by atoms with E-state index in [0.29, 0.717) is 25.2 Å². The molecule has 0 aliphatic carbocycles. The van der Waals surface area contributed by atoms with Crippen LogP contribution in [0.2, 0.25) is 0 Å². The number of hydrogen-bond donors (Lipinski definition) is 1. The molecule has 4 nitrogen and oxygen atoms in total. The smallest absolute Gasteiger partial charge is 0.368 e. The van der Waals surface area contributed by atoms with Crippen LogP contribution in [0.25, 0.3) is 0 Å². The Morgan fingerprint density at radius 1 is 1.03 bits per heavy atom. The van der Waals surface area contributed by atoms with Gasteiger partial charge in [0.1, 0.15) is 0 Å². The molecule has 2 aromatic carbocycles. The van der Waals surface area contributed by atoms with Crippen LogP contribution in [0.15, 0.2) is 48.5 Å². The van der Waals surface area contributed by atoms with Crippen LogP contribution >= 0.6 is 0 Å². The maximum atomic E-state index is 13.2. The summed E-state index contributed by atoms with van der Waals surface area (Å²) in [4.78, 5) is 13.9. The predicted molar refractivity (Wildman–Crippen MR) is 110 cm³/mol. The van der Waals surface area contributed by atoms with Crippen molar-refractivity contribution in [3.05, 3.63) is 70.8 Å². The average molecular weight is 474 g/mol. The molecule has 33 heavy (non-hydrogen) atoms. The van der Waals surface area contributed by atoms with E-state index in [1.54, 1.807) is 6.92 Å². The highest BCUT2D eigenvalue weighted by molar-refractivity contribution is 5.74. The summed E-state index contributed by atoms with van der Waals surface area (Å²) in [6.07, 6.45) is -11.6. The van der Waals surface area contributed by atoms with Crippen molar-refractivity contribution in [1.29, 1.82) is 0 Å². The maximum absolute atomic E-state index is 13.2. The van der Waals surface area contributed by atoms with Crippen LogP contribution in [0.3, 0.4) is 0 Å². The predicted octanol–water partition coefficient (Wildman–Crippen LogP) is 6.00. The molecule has 0 aromatic heterocycles. The van der Waals surface area contributed by atoms with Crippen LogP contribution in [-0.4, -0.2) is 36.7 Å². The molecular formula is C23H24F6N2O2. The van der Waals surface area contributed by atoms with Gasteiger partial charge in [-0.25, -0.2) is 4.79 Å². The summed E-state index contributed by atoms with van der Waals surface area (Å²) < 4.78 is 85.4. The number of urea groups is 1. The Bertz CT molecular complexity index is 929. The molecule has 2 amide bonds. The first-order valence-electron chi connectivity index (χ1n) is 10.4. The highest BCUT2D eigenvalue weighted by atomic mass is 19.4. The molecule has 180 valence electrons. The van der Waals surface area contributed by atoms with Gasteiger partial charge in [0.2, 0.25) is 0 Å². The van der Waals surface area contributed by atoms with Gasteiger partial charge in [0, 0.05) is 25.6 Å². The van der Waals surface area contributed by atoms with Gasteiger partial charge in [0.05, 0.1) is 23.3 Å². The summed E-state index contributed by atoms with van der Waals surface area (Å²) in [5.41, 5.74) is -2.16. The number of carbonyl (C=O) groups is 1. The summed E-state index contributed by atoms with van der Waals surface area (Å²) >= 11 is 0. The fourth-order valence-electron chi connectivity index (χ4n) is 3.92. The number of nitrogens with zero attached hydrogens (tertiary/aromatic N) is 1. The van der Waals surface area contributed by atoms with Gasteiger partial charge in [-0.3, -0.25) is 0 Å². The standard InChI is InChI=1S/C23H24F6N2O2/c1-3-30-21(32)31-12-19(15-7-5-4-6-8-15)20(13-31)33-14(2)16-9-17(22(24,25)26)11-18(10-16)23(27,28)29/h4-11,14,19-20H,3,12-13H2,1-2H3,(H,30,32). The third-order valence-electron chi connectivity index (χ3n) is 5.57. The van der Waals surface area contributed by atoms with E-state index in [0.717, 1.165) is 5.56 Å². The first-order valence-corrected chi connectivity index (χ1v) is 10.4. The lowest BCUT2D eigenvalue weighted by atomic mass is 9.95. The molecule has 10 heteroatoms. The van der Waals surface area contributed by atoms with Gasteiger partial charge in [-0.15, -0.1) is 0 Å². The number of halogens is 6. The summed E-state index contributed by atoms with van der Waals surface area (Å²) in [5.74, 6) is -0.288. The molecule has 2 aromatic rings. The largest absolute Gasteiger partial charge is 0.416 e. The molecule has 3 rings (SSSR count). The summed E-state index contributed by atoms with van der Waals surface area (Å²) in [7, 11) is 0. The highest BCUT2D eigenvalue weighted by Gasteiger charge is 2.40. The van der Waals surface area contributed by atoms with Crippen molar-refractivity contribution in [3.8, 4) is 0 Å². The fraction of sp³-hybridized carbons (Fsp3) is 0.435. The van der Waals surface area contributed by atoms with Crippen LogP contribution in [0.5, 0.6) is 0 Å². The van der Waals surface area contributed by atoms with Crippen LogP contribution in [0, 0.1) is 0 Å². The molecule has 0 bridgehead atoms. The number of carbonyl (C=O) groups excluding carboxylic acids is 1. The Morgan fingerprint density at radius 2 is 1.61 bits per heavy atom. The Kier molecular flexibility index (Phi) is 7.26. The quantitative estimate of drug-likeness (QED) is 0.540. The van der Waals surface area contributed by atoms with Gasteiger partial charge < -0.3 is 15.0 Å². The normalized spacial score (nSPS) is 20.1. The second-order valence-electron chi connectivity index (χ2n) is 7.91. The number of benzene rings is 2. The van der Waals surface area contributed by atoms with E-state index in [1.807, 2.05) is 30.3 Å². The highest BCUT2D eigenvalue weighted by Crippen LogP contribution is 2.39. The van der Waals surface area contributed by atoms with E-state index in [1.165, 1.54) is 11.8 Å². The molecule has 1 heterocycles. The first-order chi connectivity index (χ1) is 15.4. The monoisotopic (exact) mass is 474 g/mol. The van der Waals surface area contributed by atoms with E-state index in [4.69, 9.17) is 4.74 Å². The van der Waals surface area contributed by atoms with E-state index in [9.17, 15) is 31.1 Å². The third-order valence-corrected chi connectivity index (χ3v) is 5.57. The zero-order valence-corrected chi connectivity index (χ0v) is 18.0. The van der Waals surface area contributed by atoms with Gasteiger partial charge in [-0.05, 0) is 43.2 Å². The van der Waals surface area contributed by atoms with Crippen LogP contribution in [0.4, 0.5) is 31.1 Å².